The minimum Gasteiger partial charge on any atom is -0.460 e. The maximum absolute atomic E-state index is 11.6. The lowest BCUT2D eigenvalue weighted by molar-refractivity contribution is -0.156. The molecule has 0 heterocycles. The molecule has 3 heteroatoms. The molecule has 0 aromatic heterocycles. The molecule has 3 nitrogen and oxygen atoms in total. The van der Waals surface area contributed by atoms with E-state index in [0.29, 0.717) is 6.61 Å². The Balaban J connectivity index is 2.28. The fourth-order valence-corrected chi connectivity index (χ4v) is 1.91. The van der Waals surface area contributed by atoms with Gasteiger partial charge >= 0.3 is 5.97 Å². The summed E-state index contributed by atoms with van der Waals surface area (Å²) in [6.45, 7) is 2.41. The first-order valence-electron chi connectivity index (χ1n) is 5.96. The van der Waals surface area contributed by atoms with Gasteiger partial charge in [0.15, 0.2) is 0 Å². The van der Waals surface area contributed by atoms with E-state index in [1.54, 1.807) is 0 Å². The number of hydrogen-bond donors (Lipinski definition) is 0. The number of Topliss-reactive ketones (excluding diaryl/α,β-unsaturated/α-hetero) is 1. The molecule has 0 aliphatic heterocycles. The van der Waals surface area contributed by atoms with Crippen molar-refractivity contribution in [1.82, 2.24) is 0 Å². The number of ether oxygens (including phenoxy) is 1. The molecule has 0 amide bonds. The molecule has 86 valence electrons. The van der Waals surface area contributed by atoms with Crippen LogP contribution in [0.2, 0.25) is 0 Å². The van der Waals surface area contributed by atoms with Crippen molar-refractivity contribution in [3.8, 4) is 0 Å². The summed E-state index contributed by atoms with van der Waals surface area (Å²) < 4.78 is 4.91. The summed E-state index contributed by atoms with van der Waals surface area (Å²) in [5.74, 6) is -0.978. The highest BCUT2D eigenvalue weighted by Gasteiger charge is 2.27. The summed E-state index contributed by atoms with van der Waals surface area (Å²) >= 11 is 0. The average Bonchev–Trinajstić information content (AvgIpc) is 2.29. The highest BCUT2D eigenvalue weighted by atomic mass is 16.5. The summed E-state index contributed by atoms with van der Waals surface area (Å²) in [6, 6.07) is 0. The Morgan fingerprint density at radius 1 is 1.20 bits per heavy atom. The lowest BCUT2D eigenvalue weighted by Crippen LogP contribution is -2.27. The van der Waals surface area contributed by atoms with Gasteiger partial charge in [-0.2, -0.15) is 0 Å². The number of rotatable bonds is 5. The Morgan fingerprint density at radius 2 is 1.87 bits per heavy atom. The Bertz CT molecular complexity index is 217. The number of carbonyl (C=O) groups is 2. The van der Waals surface area contributed by atoms with Gasteiger partial charge in [0.05, 0.1) is 6.61 Å². The van der Waals surface area contributed by atoms with Crippen LogP contribution in [-0.2, 0) is 14.3 Å². The lowest BCUT2D eigenvalue weighted by Gasteiger charge is -2.19. The maximum Gasteiger partial charge on any atom is 0.374 e. The van der Waals surface area contributed by atoms with Crippen molar-refractivity contribution in [3.05, 3.63) is 0 Å². The Hall–Kier alpha value is -0.860. The van der Waals surface area contributed by atoms with Gasteiger partial charge in [-0.3, -0.25) is 4.79 Å². The van der Waals surface area contributed by atoms with E-state index in [1.165, 1.54) is 6.42 Å². The van der Waals surface area contributed by atoms with E-state index < -0.39 is 5.97 Å². The van der Waals surface area contributed by atoms with Crippen molar-refractivity contribution in [2.24, 2.45) is 5.92 Å². The third kappa shape index (κ3) is 4.02. The van der Waals surface area contributed by atoms with Crippen molar-refractivity contribution in [2.45, 2.75) is 51.9 Å². The molecule has 1 saturated carbocycles. The molecule has 0 aromatic rings. The first-order chi connectivity index (χ1) is 7.25. The van der Waals surface area contributed by atoms with Gasteiger partial charge < -0.3 is 4.74 Å². The number of carbonyl (C=O) groups excluding carboxylic acids is 2. The fourth-order valence-electron chi connectivity index (χ4n) is 1.91. The molecule has 0 saturated heterocycles. The summed E-state index contributed by atoms with van der Waals surface area (Å²) in [5.41, 5.74) is 0. The molecule has 0 unspecified atom stereocenters. The molecule has 0 aromatic carbocycles. The van der Waals surface area contributed by atoms with Gasteiger partial charge in [0.1, 0.15) is 0 Å². The third-order valence-corrected chi connectivity index (χ3v) is 2.91. The van der Waals surface area contributed by atoms with Crippen LogP contribution in [0, 0.1) is 5.92 Å². The molecule has 1 aliphatic rings. The molecular formula is C12H20O3. The van der Waals surface area contributed by atoms with Crippen LogP contribution in [0.25, 0.3) is 0 Å². The smallest absolute Gasteiger partial charge is 0.374 e. The SMILES string of the molecule is CCCCOC(=O)C(=O)C1CCCCC1. The van der Waals surface area contributed by atoms with Crippen LogP contribution in [0.3, 0.4) is 0 Å². The minimum absolute atomic E-state index is 0.0622. The molecule has 15 heavy (non-hydrogen) atoms. The predicted octanol–water partition coefficient (Wildman–Crippen LogP) is 2.48. The van der Waals surface area contributed by atoms with Crippen molar-refractivity contribution >= 4 is 11.8 Å². The first-order valence-corrected chi connectivity index (χ1v) is 5.96. The van der Waals surface area contributed by atoms with Gasteiger partial charge in [-0.25, -0.2) is 4.79 Å². The van der Waals surface area contributed by atoms with Gasteiger partial charge in [0, 0.05) is 5.92 Å². The zero-order valence-electron chi connectivity index (χ0n) is 9.46. The molecule has 0 bridgehead atoms. The van der Waals surface area contributed by atoms with E-state index in [4.69, 9.17) is 4.74 Å². The zero-order valence-corrected chi connectivity index (χ0v) is 9.46. The highest BCUT2D eigenvalue weighted by molar-refractivity contribution is 6.34. The third-order valence-electron chi connectivity index (χ3n) is 2.91. The number of hydrogen-bond acceptors (Lipinski definition) is 3. The lowest BCUT2D eigenvalue weighted by atomic mass is 9.86. The van der Waals surface area contributed by atoms with Crippen LogP contribution in [0.5, 0.6) is 0 Å². The van der Waals surface area contributed by atoms with Crippen LogP contribution in [0.15, 0.2) is 0 Å². The quantitative estimate of drug-likeness (QED) is 0.399. The molecule has 0 N–H and O–H groups in total. The molecule has 1 rings (SSSR count). The van der Waals surface area contributed by atoms with Gasteiger partial charge in [-0.1, -0.05) is 32.6 Å². The monoisotopic (exact) mass is 212 g/mol. The Labute approximate surface area is 91.2 Å². The Morgan fingerprint density at radius 3 is 2.47 bits per heavy atom. The summed E-state index contributed by atoms with van der Waals surface area (Å²) in [7, 11) is 0. The normalized spacial score (nSPS) is 17.4. The van der Waals surface area contributed by atoms with Crippen molar-refractivity contribution in [2.75, 3.05) is 6.61 Å². The second-order valence-corrected chi connectivity index (χ2v) is 4.19. The second kappa shape index (κ2) is 6.59. The van der Waals surface area contributed by atoms with Crippen LogP contribution >= 0.6 is 0 Å². The van der Waals surface area contributed by atoms with Crippen LogP contribution < -0.4 is 0 Å². The standard InChI is InChI=1S/C12H20O3/c1-2-3-9-15-12(14)11(13)10-7-5-4-6-8-10/h10H,2-9H2,1H3. The van der Waals surface area contributed by atoms with Crippen LogP contribution in [0.4, 0.5) is 0 Å². The van der Waals surface area contributed by atoms with Crippen molar-refractivity contribution < 1.29 is 14.3 Å². The van der Waals surface area contributed by atoms with E-state index >= 15 is 0 Å². The van der Waals surface area contributed by atoms with Crippen molar-refractivity contribution in [3.63, 3.8) is 0 Å². The first kappa shape index (κ1) is 12.2. The maximum atomic E-state index is 11.6. The van der Waals surface area contributed by atoms with Gasteiger partial charge in [0.25, 0.3) is 0 Å². The van der Waals surface area contributed by atoms with Crippen LogP contribution in [0.1, 0.15) is 51.9 Å². The van der Waals surface area contributed by atoms with Crippen LogP contribution in [-0.4, -0.2) is 18.4 Å². The fraction of sp³-hybridized carbons (Fsp3) is 0.833. The topological polar surface area (TPSA) is 43.4 Å². The summed E-state index contributed by atoms with van der Waals surface area (Å²) in [5, 5.41) is 0. The second-order valence-electron chi connectivity index (χ2n) is 4.19. The summed E-state index contributed by atoms with van der Waals surface area (Å²) in [4.78, 5) is 23.0. The number of unbranched alkanes of at least 4 members (excludes halogenated alkanes) is 1. The van der Waals surface area contributed by atoms with Crippen molar-refractivity contribution in [1.29, 1.82) is 0 Å². The number of esters is 1. The molecular weight excluding hydrogens is 192 g/mol. The predicted molar refractivity (Wildman–Crippen MR) is 57.4 cm³/mol. The molecule has 0 radical (unpaired) electrons. The molecule has 1 fully saturated rings. The van der Waals surface area contributed by atoms with E-state index in [1.807, 2.05) is 6.92 Å². The van der Waals surface area contributed by atoms with E-state index in [9.17, 15) is 9.59 Å². The van der Waals surface area contributed by atoms with Gasteiger partial charge in [-0.15, -0.1) is 0 Å². The Kier molecular flexibility index (Phi) is 5.37. The highest BCUT2D eigenvalue weighted by Crippen LogP contribution is 2.24. The largest absolute Gasteiger partial charge is 0.460 e. The minimum atomic E-state index is -0.615. The van der Waals surface area contributed by atoms with E-state index in [2.05, 4.69) is 0 Å². The van der Waals surface area contributed by atoms with E-state index in [-0.39, 0.29) is 11.7 Å². The van der Waals surface area contributed by atoms with Gasteiger partial charge in [-0.05, 0) is 19.3 Å². The van der Waals surface area contributed by atoms with Gasteiger partial charge in [0.2, 0.25) is 5.78 Å². The molecule has 0 atom stereocenters. The zero-order chi connectivity index (χ0) is 11.1. The van der Waals surface area contributed by atoms with E-state index in [0.717, 1.165) is 38.5 Å². The summed E-state index contributed by atoms with van der Waals surface area (Å²) in [6.07, 6.45) is 6.87. The molecule has 1 aliphatic carbocycles. The molecule has 0 spiro atoms. The average molecular weight is 212 g/mol. The number of ketones is 1.